The van der Waals surface area contributed by atoms with Crippen LogP contribution in [0.5, 0.6) is 5.75 Å². The van der Waals surface area contributed by atoms with Gasteiger partial charge in [0.2, 0.25) is 0 Å². The Labute approximate surface area is 156 Å². The zero-order chi connectivity index (χ0) is 17.9. The number of anilines is 1. The molecule has 1 amide bonds. The van der Waals surface area contributed by atoms with Crippen molar-refractivity contribution in [2.24, 2.45) is 0 Å². The molecule has 1 aliphatic heterocycles. The van der Waals surface area contributed by atoms with E-state index in [1.54, 1.807) is 0 Å². The fraction of sp³-hybridized carbons (Fsp3) is 0.0952. The highest BCUT2D eigenvalue weighted by Crippen LogP contribution is 2.27. The van der Waals surface area contributed by atoms with Gasteiger partial charge in [0.05, 0.1) is 5.56 Å². The molecule has 0 bridgehead atoms. The van der Waals surface area contributed by atoms with Gasteiger partial charge in [-0.2, -0.15) is 0 Å². The molecule has 1 atom stereocenters. The molecule has 1 heterocycles. The van der Waals surface area contributed by atoms with Gasteiger partial charge in [-0.05, 0) is 47.5 Å². The highest BCUT2D eigenvalue weighted by atomic mass is 35.5. The number of rotatable bonds is 4. The van der Waals surface area contributed by atoms with Gasteiger partial charge in [-0.15, -0.1) is 0 Å². The van der Waals surface area contributed by atoms with Gasteiger partial charge >= 0.3 is 0 Å². The van der Waals surface area contributed by atoms with Crippen LogP contribution in [0.1, 0.15) is 27.7 Å². The minimum Gasteiger partial charge on any atom is -0.489 e. The molecule has 2 N–H and O–H groups in total. The van der Waals surface area contributed by atoms with E-state index in [0.29, 0.717) is 17.2 Å². The van der Waals surface area contributed by atoms with Crippen LogP contribution in [0.25, 0.3) is 0 Å². The van der Waals surface area contributed by atoms with Crippen molar-refractivity contribution in [3.63, 3.8) is 0 Å². The second-order valence-corrected chi connectivity index (χ2v) is 6.52. The lowest BCUT2D eigenvalue weighted by atomic mass is 10.1. The quantitative estimate of drug-likeness (QED) is 0.700. The monoisotopic (exact) mass is 364 g/mol. The van der Waals surface area contributed by atoms with Gasteiger partial charge in [0.15, 0.2) is 0 Å². The molecule has 0 saturated heterocycles. The summed E-state index contributed by atoms with van der Waals surface area (Å²) in [7, 11) is 0. The van der Waals surface area contributed by atoms with Gasteiger partial charge < -0.3 is 15.4 Å². The summed E-state index contributed by atoms with van der Waals surface area (Å²) < 4.78 is 5.80. The van der Waals surface area contributed by atoms with Gasteiger partial charge in [-0.3, -0.25) is 4.79 Å². The molecular formula is C21H17ClN2O2. The molecule has 0 saturated carbocycles. The summed E-state index contributed by atoms with van der Waals surface area (Å²) in [5.41, 5.74) is 3.51. The Bertz CT molecular complexity index is 924. The van der Waals surface area contributed by atoms with Crippen LogP contribution >= 0.6 is 11.6 Å². The minimum atomic E-state index is -0.261. The zero-order valence-electron chi connectivity index (χ0n) is 13.9. The second kappa shape index (κ2) is 7.10. The van der Waals surface area contributed by atoms with Crippen molar-refractivity contribution in [2.75, 3.05) is 5.32 Å². The average molecular weight is 365 g/mol. The smallest absolute Gasteiger partial charge is 0.255 e. The number of benzene rings is 3. The number of para-hydroxylation sites is 1. The molecule has 0 unspecified atom stereocenters. The number of hydrogen-bond acceptors (Lipinski definition) is 3. The van der Waals surface area contributed by atoms with Crippen molar-refractivity contribution in [2.45, 2.75) is 12.8 Å². The first-order valence-electron chi connectivity index (χ1n) is 8.33. The summed E-state index contributed by atoms with van der Waals surface area (Å²) >= 11 is 5.89. The van der Waals surface area contributed by atoms with Crippen LogP contribution in [0.15, 0.2) is 72.8 Å². The Hall–Kier alpha value is -2.98. The van der Waals surface area contributed by atoms with E-state index >= 15 is 0 Å². The van der Waals surface area contributed by atoms with Gasteiger partial charge in [-0.1, -0.05) is 48.0 Å². The molecule has 4 rings (SSSR count). The molecule has 0 spiro atoms. The molecule has 130 valence electrons. The van der Waals surface area contributed by atoms with Crippen molar-refractivity contribution >= 4 is 23.2 Å². The van der Waals surface area contributed by atoms with E-state index in [-0.39, 0.29) is 12.1 Å². The SMILES string of the molecule is O=C1N[C@@H](c2ccc(OCc3ccc(Cl)cc3)cc2)Nc2ccccc21. The highest BCUT2D eigenvalue weighted by molar-refractivity contribution is 6.30. The number of carbonyl (C=O) groups is 1. The molecule has 4 nitrogen and oxygen atoms in total. The minimum absolute atomic E-state index is 0.0765. The fourth-order valence-corrected chi connectivity index (χ4v) is 3.00. The number of amides is 1. The van der Waals surface area contributed by atoms with Crippen molar-refractivity contribution in [3.05, 3.63) is 94.5 Å². The summed E-state index contributed by atoms with van der Waals surface area (Å²) in [5, 5.41) is 7.02. The number of ether oxygens (including phenoxy) is 1. The molecule has 1 aliphatic rings. The van der Waals surface area contributed by atoms with Crippen LogP contribution in [-0.2, 0) is 6.61 Å². The number of halogens is 1. The van der Waals surface area contributed by atoms with Crippen LogP contribution in [0.2, 0.25) is 5.02 Å². The maximum atomic E-state index is 12.2. The molecule has 0 aliphatic carbocycles. The maximum Gasteiger partial charge on any atom is 0.255 e. The van der Waals surface area contributed by atoms with Crippen LogP contribution in [0.3, 0.4) is 0 Å². The first-order chi connectivity index (χ1) is 12.7. The maximum absolute atomic E-state index is 12.2. The molecule has 0 aromatic heterocycles. The van der Waals surface area contributed by atoms with Crippen LogP contribution in [0.4, 0.5) is 5.69 Å². The predicted octanol–water partition coefficient (Wildman–Crippen LogP) is 4.77. The van der Waals surface area contributed by atoms with E-state index in [2.05, 4.69) is 10.6 Å². The standard InChI is InChI=1S/C21H17ClN2O2/c22-16-9-5-14(6-10-16)13-26-17-11-7-15(8-12-17)20-23-19-4-2-1-3-18(19)21(25)24-20/h1-12,20,23H,13H2,(H,24,25)/t20-/m0/s1. The molecule has 0 radical (unpaired) electrons. The Balaban J connectivity index is 1.43. The van der Waals surface area contributed by atoms with Gasteiger partial charge in [0, 0.05) is 10.7 Å². The number of carbonyl (C=O) groups excluding carboxylic acids is 1. The molecule has 5 heteroatoms. The van der Waals surface area contributed by atoms with E-state index in [1.165, 1.54) is 0 Å². The van der Waals surface area contributed by atoms with Crippen LogP contribution < -0.4 is 15.4 Å². The average Bonchev–Trinajstić information content (AvgIpc) is 2.68. The number of fused-ring (bicyclic) bond motifs is 1. The third-order valence-corrected chi connectivity index (χ3v) is 4.53. The van der Waals surface area contributed by atoms with Crippen LogP contribution in [-0.4, -0.2) is 5.91 Å². The summed E-state index contributed by atoms with van der Waals surface area (Å²) in [4.78, 5) is 12.2. The lowest BCUT2D eigenvalue weighted by Crippen LogP contribution is -2.38. The van der Waals surface area contributed by atoms with Gasteiger partial charge in [0.1, 0.15) is 18.5 Å². The lowest BCUT2D eigenvalue weighted by Gasteiger charge is -2.28. The molecule has 26 heavy (non-hydrogen) atoms. The van der Waals surface area contributed by atoms with Crippen molar-refractivity contribution < 1.29 is 9.53 Å². The van der Waals surface area contributed by atoms with E-state index < -0.39 is 0 Å². The molecule has 3 aromatic rings. The molecule has 3 aromatic carbocycles. The van der Waals surface area contributed by atoms with E-state index in [0.717, 1.165) is 22.6 Å². The predicted molar refractivity (Wildman–Crippen MR) is 102 cm³/mol. The Morgan fingerprint density at radius 3 is 2.38 bits per heavy atom. The summed E-state index contributed by atoms with van der Waals surface area (Å²) in [6.45, 7) is 0.475. The largest absolute Gasteiger partial charge is 0.489 e. The highest BCUT2D eigenvalue weighted by Gasteiger charge is 2.23. The summed E-state index contributed by atoms with van der Waals surface area (Å²) in [6, 6.07) is 22.8. The Kier molecular flexibility index (Phi) is 4.50. The first-order valence-corrected chi connectivity index (χ1v) is 8.70. The van der Waals surface area contributed by atoms with Crippen molar-refractivity contribution in [1.29, 1.82) is 0 Å². The summed E-state index contributed by atoms with van der Waals surface area (Å²) in [5.74, 6) is 0.693. The lowest BCUT2D eigenvalue weighted by molar-refractivity contribution is 0.0935. The van der Waals surface area contributed by atoms with Crippen molar-refractivity contribution in [3.8, 4) is 5.75 Å². The third-order valence-electron chi connectivity index (χ3n) is 4.28. The van der Waals surface area contributed by atoms with Gasteiger partial charge in [0.25, 0.3) is 5.91 Å². The normalized spacial score (nSPS) is 15.6. The fourth-order valence-electron chi connectivity index (χ4n) is 2.88. The summed E-state index contributed by atoms with van der Waals surface area (Å²) in [6.07, 6.45) is -0.261. The third kappa shape index (κ3) is 3.51. The Morgan fingerprint density at radius 1 is 0.885 bits per heavy atom. The first kappa shape index (κ1) is 16.5. The number of hydrogen-bond donors (Lipinski definition) is 2. The Morgan fingerprint density at radius 2 is 1.62 bits per heavy atom. The second-order valence-electron chi connectivity index (χ2n) is 6.08. The van der Waals surface area contributed by atoms with E-state index in [4.69, 9.17) is 16.3 Å². The number of nitrogens with one attached hydrogen (secondary N) is 2. The van der Waals surface area contributed by atoms with Crippen LogP contribution in [0, 0.1) is 0 Å². The van der Waals surface area contributed by atoms with Crippen molar-refractivity contribution in [1.82, 2.24) is 5.32 Å². The zero-order valence-corrected chi connectivity index (χ0v) is 14.7. The van der Waals surface area contributed by atoms with E-state index in [1.807, 2.05) is 72.8 Å². The molecule has 0 fully saturated rings. The van der Waals surface area contributed by atoms with Gasteiger partial charge in [-0.25, -0.2) is 0 Å². The molecular weight excluding hydrogens is 348 g/mol. The topological polar surface area (TPSA) is 50.4 Å². The van der Waals surface area contributed by atoms with E-state index in [9.17, 15) is 4.79 Å².